The second-order valence-electron chi connectivity index (χ2n) is 4.63. The zero-order chi connectivity index (χ0) is 12.4. The molecular formula is C12H17N3OS. The molecule has 3 N–H and O–H groups in total. The van der Waals surface area contributed by atoms with E-state index in [9.17, 15) is 5.11 Å². The molecule has 1 aromatic heterocycles. The minimum atomic E-state index is -0.114. The van der Waals surface area contributed by atoms with Crippen LogP contribution in [0.25, 0.3) is 0 Å². The Morgan fingerprint density at radius 1 is 1.65 bits per heavy atom. The molecule has 0 bridgehead atoms. The molecule has 0 spiro atoms. The first-order valence-electron chi connectivity index (χ1n) is 5.71. The highest BCUT2D eigenvalue weighted by molar-refractivity contribution is 7.80. The Morgan fingerprint density at radius 3 is 2.94 bits per heavy atom. The van der Waals surface area contributed by atoms with E-state index in [0.717, 1.165) is 30.6 Å². The van der Waals surface area contributed by atoms with Gasteiger partial charge in [-0.15, -0.1) is 0 Å². The molecule has 0 aliphatic heterocycles. The van der Waals surface area contributed by atoms with Gasteiger partial charge in [0.25, 0.3) is 0 Å². The van der Waals surface area contributed by atoms with Crippen LogP contribution in [0, 0.1) is 5.92 Å². The number of hydrogen-bond acceptors (Lipinski definition) is 4. The van der Waals surface area contributed by atoms with Crippen LogP contribution in [0.15, 0.2) is 18.5 Å². The Morgan fingerprint density at radius 2 is 2.35 bits per heavy atom. The van der Waals surface area contributed by atoms with Crippen molar-refractivity contribution in [1.82, 2.24) is 4.98 Å². The number of hydrogen-bond donors (Lipinski definition) is 2. The molecule has 92 valence electrons. The Bertz CT molecular complexity index is 418. The molecule has 2 rings (SSSR count). The van der Waals surface area contributed by atoms with Crippen molar-refractivity contribution in [2.75, 3.05) is 18.5 Å². The largest absolute Gasteiger partial charge is 0.393 e. The van der Waals surface area contributed by atoms with E-state index in [2.05, 4.69) is 9.88 Å². The lowest BCUT2D eigenvalue weighted by molar-refractivity contribution is 0.0465. The third-order valence-corrected chi connectivity index (χ3v) is 3.44. The van der Waals surface area contributed by atoms with Crippen molar-refractivity contribution in [1.29, 1.82) is 0 Å². The topological polar surface area (TPSA) is 62.4 Å². The molecule has 0 aromatic carbocycles. The summed E-state index contributed by atoms with van der Waals surface area (Å²) in [7, 11) is 2.00. The van der Waals surface area contributed by atoms with Crippen molar-refractivity contribution in [2.45, 2.75) is 18.9 Å². The Kier molecular flexibility index (Phi) is 3.59. The summed E-state index contributed by atoms with van der Waals surface area (Å²) in [5.41, 5.74) is 7.51. The van der Waals surface area contributed by atoms with Crippen LogP contribution in [0.5, 0.6) is 0 Å². The predicted octanol–water partition coefficient (Wildman–Crippen LogP) is 0.923. The minimum absolute atomic E-state index is 0.114. The van der Waals surface area contributed by atoms with Gasteiger partial charge >= 0.3 is 0 Å². The van der Waals surface area contributed by atoms with Gasteiger partial charge in [0, 0.05) is 25.4 Å². The Hall–Kier alpha value is -1.20. The molecule has 17 heavy (non-hydrogen) atoms. The van der Waals surface area contributed by atoms with Crippen LogP contribution >= 0.6 is 12.2 Å². The molecule has 4 nitrogen and oxygen atoms in total. The molecule has 1 aliphatic carbocycles. The molecule has 0 amide bonds. The van der Waals surface area contributed by atoms with Crippen molar-refractivity contribution in [2.24, 2.45) is 11.7 Å². The van der Waals surface area contributed by atoms with Gasteiger partial charge in [-0.3, -0.25) is 4.98 Å². The van der Waals surface area contributed by atoms with Gasteiger partial charge in [-0.25, -0.2) is 0 Å². The number of thiocarbonyl (C=S) groups is 1. The molecule has 5 heteroatoms. The average molecular weight is 251 g/mol. The van der Waals surface area contributed by atoms with E-state index in [1.807, 2.05) is 13.1 Å². The summed E-state index contributed by atoms with van der Waals surface area (Å²) in [5.74, 6) is 0.550. The van der Waals surface area contributed by atoms with Gasteiger partial charge in [-0.2, -0.15) is 0 Å². The molecule has 0 unspecified atom stereocenters. The van der Waals surface area contributed by atoms with Gasteiger partial charge in [0.1, 0.15) is 4.99 Å². The zero-order valence-corrected chi connectivity index (χ0v) is 10.7. The minimum Gasteiger partial charge on any atom is -0.393 e. The van der Waals surface area contributed by atoms with Crippen molar-refractivity contribution in [3.63, 3.8) is 0 Å². The normalized spacial score (nSPS) is 22.9. The monoisotopic (exact) mass is 251 g/mol. The summed E-state index contributed by atoms with van der Waals surface area (Å²) in [6.07, 6.45) is 5.13. The first kappa shape index (κ1) is 12.3. The summed E-state index contributed by atoms with van der Waals surface area (Å²) in [6, 6.07) is 1.84. The molecule has 1 heterocycles. The molecular weight excluding hydrogens is 234 g/mol. The van der Waals surface area contributed by atoms with Crippen molar-refractivity contribution < 1.29 is 5.11 Å². The van der Waals surface area contributed by atoms with E-state index in [-0.39, 0.29) is 6.10 Å². The fourth-order valence-corrected chi connectivity index (χ4v) is 2.41. The number of nitrogens with two attached hydrogens (primary N) is 1. The molecule has 1 fully saturated rings. The number of aromatic nitrogens is 1. The molecule has 0 radical (unpaired) electrons. The van der Waals surface area contributed by atoms with Crippen LogP contribution < -0.4 is 10.6 Å². The highest BCUT2D eigenvalue weighted by atomic mass is 32.1. The molecule has 1 aromatic rings. The van der Waals surface area contributed by atoms with Crippen LogP contribution in [-0.2, 0) is 0 Å². The van der Waals surface area contributed by atoms with E-state index >= 15 is 0 Å². The zero-order valence-electron chi connectivity index (χ0n) is 9.84. The van der Waals surface area contributed by atoms with Crippen LogP contribution in [0.4, 0.5) is 5.69 Å². The van der Waals surface area contributed by atoms with E-state index in [1.54, 1.807) is 12.4 Å². The molecule has 1 saturated carbocycles. The number of rotatable bonds is 4. The quantitative estimate of drug-likeness (QED) is 0.779. The number of aliphatic hydroxyl groups is 1. The maximum absolute atomic E-state index is 9.27. The highest BCUT2D eigenvalue weighted by Crippen LogP contribution is 2.29. The van der Waals surface area contributed by atoms with Gasteiger partial charge in [-0.1, -0.05) is 12.2 Å². The highest BCUT2D eigenvalue weighted by Gasteiger charge is 2.28. The van der Waals surface area contributed by atoms with Gasteiger partial charge in [-0.05, 0) is 24.8 Å². The SMILES string of the molecule is CN(CC1CC(O)C1)c1cnccc1C(N)=S. The summed E-state index contributed by atoms with van der Waals surface area (Å²) in [4.78, 5) is 6.61. The van der Waals surface area contributed by atoms with Crippen molar-refractivity contribution in [3.8, 4) is 0 Å². The smallest absolute Gasteiger partial charge is 0.106 e. The maximum Gasteiger partial charge on any atom is 0.106 e. The lowest BCUT2D eigenvalue weighted by Gasteiger charge is -2.35. The average Bonchev–Trinajstić information content (AvgIpc) is 2.27. The van der Waals surface area contributed by atoms with Gasteiger partial charge < -0.3 is 15.7 Å². The fourth-order valence-electron chi connectivity index (χ4n) is 2.23. The molecule has 0 saturated heterocycles. The second-order valence-corrected chi connectivity index (χ2v) is 5.07. The van der Waals surface area contributed by atoms with E-state index < -0.39 is 0 Å². The number of nitrogens with zero attached hydrogens (tertiary/aromatic N) is 2. The lowest BCUT2D eigenvalue weighted by atomic mass is 9.82. The lowest BCUT2D eigenvalue weighted by Crippen LogP contribution is -2.37. The third kappa shape index (κ3) is 2.73. The third-order valence-electron chi connectivity index (χ3n) is 3.22. The van der Waals surface area contributed by atoms with Crippen LogP contribution in [0.1, 0.15) is 18.4 Å². The van der Waals surface area contributed by atoms with Gasteiger partial charge in [0.05, 0.1) is 18.0 Å². The number of aliphatic hydroxyl groups excluding tert-OH is 1. The number of pyridine rings is 1. The summed E-state index contributed by atoms with van der Waals surface area (Å²) in [5, 5.41) is 9.27. The van der Waals surface area contributed by atoms with E-state index in [0.29, 0.717) is 10.9 Å². The van der Waals surface area contributed by atoms with Gasteiger partial charge in [0.15, 0.2) is 0 Å². The predicted molar refractivity (Wildman–Crippen MR) is 72.1 cm³/mol. The Labute approximate surface area is 106 Å². The van der Waals surface area contributed by atoms with E-state index in [4.69, 9.17) is 18.0 Å². The van der Waals surface area contributed by atoms with Crippen molar-refractivity contribution >= 4 is 22.9 Å². The van der Waals surface area contributed by atoms with Crippen LogP contribution in [0.3, 0.4) is 0 Å². The summed E-state index contributed by atoms with van der Waals surface area (Å²) >= 11 is 5.03. The van der Waals surface area contributed by atoms with E-state index in [1.165, 1.54) is 0 Å². The van der Waals surface area contributed by atoms with Crippen molar-refractivity contribution in [3.05, 3.63) is 24.0 Å². The standard InChI is InChI=1S/C12H17N3OS/c1-15(7-8-4-9(16)5-8)11-6-14-3-2-10(11)12(13)17/h2-3,6,8-9,16H,4-5,7H2,1H3,(H2,13,17). The summed E-state index contributed by atoms with van der Waals surface area (Å²) < 4.78 is 0. The number of anilines is 1. The summed E-state index contributed by atoms with van der Waals surface area (Å²) in [6.45, 7) is 0.901. The first-order chi connectivity index (χ1) is 8.08. The second kappa shape index (κ2) is 4.98. The van der Waals surface area contributed by atoms with Crippen LogP contribution in [0.2, 0.25) is 0 Å². The molecule has 1 aliphatic rings. The maximum atomic E-state index is 9.27. The first-order valence-corrected chi connectivity index (χ1v) is 6.11. The van der Waals surface area contributed by atoms with Gasteiger partial charge in [0.2, 0.25) is 0 Å². The Balaban J connectivity index is 2.08. The molecule has 0 atom stereocenters. The fraction of sp³-hybridized carbons (Fsp3) is 0.500. The van der Waals surface area contributed by atoms with Crippen LogP contribution in [-0.4, -0.2) is 34.8 Å².